The number of likely N-dealkylation sites (tertiary alicyclic amines) is 1. The van der Waals surface area contributed by atoms with Gasteiger partial charge < -0.3 is 15.3 Å². The molecule has 0 aromatic carbocycles. The number of hydrogen-bond donors (Lipinski definition) is 2. The van der Waals surface area contributed by atoms with Crippen LogP contribution in [0.15, 0.2) is 18.2 Å². The maximum absolute atomic E-state index is 12.1. The van der Waals surface area contributed by atoms with Crippen LogP contribution in [0.4, 0.5) is 5.82 Å². The third kappa shape index (κ3) is 3.77. The highest BCUT2D eigenvalue weighted by Crippen LogP contribution is 2.19. The number of hydrogen-bond acceptors (Lipinski definition) is 4. The van der Waals surface area contributed by atoms with Gasteiger partial charge in [-0.25, -0.2) is 9.78 Å². The van der Waals surface area contributed by atoms with Crippen molar-refractivity contribution in [2.75, 3.05) is 18.4 Å². The monoisotopic (exact) mass is 291 g/mol. The predicted molar refractivity (Wildman–Crippen MR) is 74.8 cm³/mol. The van der Waals surface area contributed by atoms with Gasteiger partial charge in [0.15, 0.2) is 5.69 Å². The van der Waals surface area contributed by atoms with E-state index in [1.807, 2.05) is 0 Å². The molecule has 112 valence electrons. The molecule has 1 aromatic heterocycles. The van der Waals surface area contributed by atoms with Gasteiger partial charge in [-0.1, -0.05) is 6.07 Å². The summed E-state index contributed by atoms with van der Waals surface area (Å²) in [5.74, 6) is -1.26. The van der Waals surface area contributed by atoms with Crippen LogP contribution in [0.1, 0.15) is 30.3 Å². The summed E-state index contributed by atoms with van der Waals surface area (Å²) in [7, 11) is 0. The molecule has 2 N–H and O–H groups in total. The van der Waals surface area contributed by atoms with Gasteiger partial charge in [0.2, 0.25) is 11.8 Å². The molecule has 0 saturated carbocycles. The zero-order chi connectivity index (χ0) is 15.4. The van der Waals surface area contributed by atoms with Gasteiger partial charge in [-0.3, -0.25) is 9.59 Å². The Morgan fingerprint density at radius 1 is 1.29 bits per heavy atom. The molecule has 0 bridgehead atoms. The molecule has 1 saturated heterocycles. The van der Waals surface area contributed by atoms with Crippen LogP contribution < -0.4 is 5.32 Å². The average molecular weight is 291 g/mol. The molecule has 2 amide bonds. The van der Waals surface area contributed by atoms with Crippen molar-refractivity contribution < 1.29 is 19.5 Å². The van der Waals surface area contributed by atoms with Crippen molar-refractivity contribution in [3.63, 3.8) is 0 Å². The highest BCUT2D eigenvalue weighted by atomic mass is 16.4. The van der Waals surface area contributed by atoms with Gasteiger partial charge in [0, 0.05) is 25.9 Å². The fourth-order valence-electron chi connectivity index (χ4n) is 2.31. The summed E-state index contributed by atoms with van der Waals surface area (Å²) < 4.78 is 0. The number of nitrogens with zero attached hydrogens (tertiary/aromatic N) is 2. The van der Waals surface area contributed by atoms with Gasteiger partial charge in [0.05, 0.1) is 0 Å². The number of amides is 2. The topological polar surface area (TPSA) is 99.6 Å². The number of aromatic nitrogens is 1. The molecular formula is C14H17N3O4. The Hall–Kier alpha value is -2.44. The summed E-state index contributed by atoms with van der Waals surface area (Å²) in [6.45, 7) is 2.65. The molecule has 0 atom stereocenters. The lowest BCUT2D eigenvalue weighted by molar-refractivity contribution is -0.132. The van der Waals surface area contributed by atoms with Gasteiger partial charge in [0.25, 0.3) is 0 Å². The molecule has 0 spiro atoms. The Kier molecular flexibility index (Phi) is 4.52. The van der Waals surface area contributed by atoms with Gasteiger partial charge in [0.1, 0.15) is 5.82 Å². The summed E-state index contributed by atoms with van der Waals surface area (Å²) in [6.07, 6.45) is 1.20. The van der Waals surface area contributed by atoms with E-state index >= 15 is 0 Å². The maximum Gasteiger partial charge on any atom is 0.354 e. The minimum absolute atomic E-state index is 0.0182. The van der Waals surface area contributed by atoms with Crippen LogP contribution in [0.5, 0.6) is 0 Å². The van der Waals surface area contributed by atoms with Crippen LogP contribution in [-0.4, -0.2) is 45.9 Å². The highest BCUT2D eigenvalue weighted by molar-refractivity contribution is 5.93. The number of carbonyl (C=O) groups excluding carboxylic acids is 2. The van der Waals surface area contributed by atoms with Gasteiger partial charge in [-0.15, -0.1) is 0 Å². The number of carboxylic acid groups (broad SMARTS) is 1. The Balaban J connectivity index is 1.95. The van der Waals surface area contributed by atoms with E-state index in [1.54, 1.807) is 11.0 Å². The van der Waals surface area contributed by atoms with Crippen LogP contribution in [0.2, 0.25) is 0 Å². The van der Waals surface area contributed by atoms with Crippen LogP contribution in [0, 0.1) is 5.92 Å². The van der Waals surface area contributed by atoms with E-state index in [9.17, 15) is 14.4 Å². The second kappa shape index (κ2) is 6.34. The molecule has 7 heteroatoms. The van der Waals surface area contributed by atoms with E-state index in [-0.39, 0.29) is 29.2 Å². The number of anilines is 1. The van der Waals surface area contributed by atoms with Crippen LogP contribution in [0.25, 0.3) is 0 Å². The molecule has 2 rings (SSSR count). The van der Waals surface area contributed by atoms with E-state index in [1.165, 1.54) is 19.1 Å². The largest absolute Gasteiger partial charge is 0.477 e. The number of nitrogens with one attached hydrogen (secondary N) is 1. The van der Waals surface area contributed by atoms with Crippen molar-refractivity contribution in [3.05, 3.63) is 23.9 Å². The normalized spacial score (nSPS) is 15.6. The lowest BCUT2D eigenvalue weighted by Crippen LogP contribution is -2.40. The van der Waals surface area contributed by atoms with Crippen LogP contribution in [-0.2, 0) is 9.59 Å². The van der Waals surface area contributed by atoms with Crippen molar-refractivity contribution in [1.29, 1.82) is 0 Å². The number of piperidine rings is 1. The molecule has 21 heavy (non-hydrogen) atoms. The first-order valence-electron chi connectivity index (χ1n) is 6.74. The number of carboxylic acids is 1. The third-order valence-electron chi connectivity index (χ3n) is 3.53. The second-order valence-corrected chi connectivity index (χ2v) is 4.98. The molecule has 1 aromatic rings. The van der Waals surface area contributed by atoms with E-state index in [2.05, 4.69) is 10.3 Å². The Bertz CT molecular complexity index is 565. The summed E-state index contributed by atoms with van der Waals surface area (Å²) in [4.78, 5) is 39.7. The van der Waals surface area contributed by atoms with Gasteiger partial charge in [-0.2, -0.15) is 0 Å². The third-order valence-corrected chi connectivity index (χ3v) is 3.53. The SMILES string of the molecule is CC(=O)N1CCC(C(=O)Nc2cccc(C(=O)O)n2)CC1. The standard InChI is InChI=1S/C14H17N3O4/c1-9(18)17-7-5-10(6-8-17)13(19)16-12-4-2-3-11(15-12)14(20)21/h2-4,10H,5-8H2,1H3,(H,20,21)(H,15,16,19). The molecule has 1 fully saturated rings. The first-order valence-corrected chi connectivity index (χ1v) is 6.74. The number of rotatable bonds is 3. The number of pyridine rings is 1. The van der Waals surface area contributed by atoms with Crippen molar-refractivity contribution in [3.8, 4) is 0 Å². The zero-order valence-corrected chi connectivity index (χ0v) is 11.7. The van der Waals surface area contributed by atoms with E-state index < -0.39 is 5.97 Å². The first-order chi connectivity index (χ1) is 9.97. The summed E-state index contributed by atoms with van der Waals surface area (Å²) in [6, 6.07) is 4.45. The van der Waals surface area contributed by atoms with Crippen molar-refractivity contribution in [1.82, 2.24) is 9.88 Å². The molecule has 0 unspecified atom stereocenters. The maximum atomic E-state index is 12.1. The lowest BCUT2D eigenvalue weighted by Gasteiger charge is -2.30. The Morgan fingerprint density at radius 3 is 2.52 bits per heavy atom. The summed E-state index contributed by atoms with van der Waals surface area (Å²) in [5, 5.41) is 11.5. The minimum atomic E-state index is -1.14. The molecule has 0 aliphatic carbocycles. The fourth-order valence-corrected chi connectivity index (χ4v) is 2.31. The van der Waals surface area contributed by atoms with Crippen molar-refractivity contribution >= 4 is 23.6 Å². The molecular weight excluding hydrogens is 274 g/mol. The van der Waals surface area contributed by atoms with Crippen molar-refractivity contribution in [2.24, 2.45) is 5.92 Å². The first kappa shape index (κ1) is 15.0. The van der Waals surface area contributed by atoms with Crippen molar-refractivity contribution in [2.45, 2.75) is 19.8 Å². The second-order valence-electron chi connectivity index (χ2n) is 4.98. The Labute approximate surface area is 122 Å². The lowest BCUT2D eigenvalue weighted by atomic mass is 9.96. The molecule has 1 aliphatic heterocycles. The molecule has 7 nitrogen and oxygen atoms in total. The number of carbonyl (C=O) groups is 3. The zero-order valence-electron chi connectivity index (χ0n) is 11.7. The number of aromatic carboxylic acids is 1. The van der Waals surface area contributed by atoms with Gasteiger partial charge in [-0.05, 0) is 25.0 Å². The molecule has 0 radical (unpaired) electrons. The summed E-state index contributed by atoms with van der Waals surface area (Å²) in [5.41, 5.74) is -0.112. The average Bonchev–Trinajstić information content (AvgIpc) is 2.47. The quantitative estimate of drug-likeness (QED) is 0.864. The van der Waals surface area contributed by atoms with E-state index in [4.69, 9.17) is 5.11 Å². The fraction of sp³-hybridized carbons (Fsp3) is 0.429. The predicted octanol–water partition coefficient (Wildman–Crippen LogP) is 0.977. The van der Waals surface area contributed by atoms with Crippen LogP contribution in [0.3, 0.4) is 0 Å². The minimum Gasteiger partial charge on any atom is -0.477 e. The van der Waals surface area contributed by atoms with E-state index in [0.29, 0.717) is 25.9 Å². The highest BCUT2D eigenvalue weighted by Gasteiger charge is 2.26. The van der Waals surface area contributed by atoms with Crippen LogP contribution >= 0.6 is 0 Å². The van der Waals surface area contributed by atoms with E-state index in [0.717, 1.165) is 0 Å². The molecule has 2 heterocycles. The molecule has 1 aliphatic rings. The summed E-state index contributed by atoms with van der Waals surface area (Å²) >= 11 is 0. The smallest absolute Gasteiger partial charge is 0.354 e. The Morgan fingerprint density at radius 2 is 1.95 bits per heavy atom. The van der Waals surface area contributed by atoms with Gasteiger partial charge >= 0.3 is 5.97 Å².